The number of rotatable bonds is 5. The summed E-state index contributed by atoms with van der Waals surface area (Å²) in [6, 6.07) is 0.857. The van der Waals surface area contributed by atoms with Crippen LogP contribution in [0.1, 0.15) is 6.92 Å². The highest BCUT2D eigenvalue weighted by molar-refractivity contribution is 7.91. The molecule has 0 radical (unpaired) electrons. The molecule has 2 atom stereocenters. The predicted molar refractivity (Wildman–Crippen MR) is 65.7 cm³/mol. The van der Waals surface area contributed by atoms with Crippen LogP contribution in [0.25, 0.3) is 0 Å². The largest absolute Gasteiger partial charge is 0.395 e. The maximum Gasteiger partial charge on any atom is 0.393 e. The Morgan fingerprint density at radius 1 is 1.47 bits per heavy atom. The van der Waals surface area contributed by atoms with Gasteiger partial charge in [-0.15, -0.1) is 11.3 Å². The Labute approximate surface area is 117 Å². The molecule has 0 bridgehead atoms. The van der Waals surface area contributed by atoms with Crippen LogP contribution in [0.5, 0.6) is 0 Å². The molecule has 0 saturated heterocycles. The summed E-state index contributed by atoms with van der Waals surface area (Å²) in [6.07, 6.45) is -4.61. The third kappa shape index (κ3) is 4.32. The Bertz CT molecular complexity index is 529. The van der Waals surface area contributed by atoms with Crippen molar-refractivity contribution in [2.24, 2.45) is 5.92 Å². The summed E-state index contributed by atoms with van der Waals surface area (Å²) in [7, 11) is -4.13. The fourth-order valence-corrected chi connectivity index (χ4v) is 4.03. The number of thiophene rings is 1. The normalized spacial score (nSPS) is 16.3. The highest BCUT2D eigenvalue weighted by atomic mass is 35.5. The van der Waals surface area contributed by atoms with E-state index in [0.717, 1.165) is 18.3 Å². The average molecular weight is 338 g/mol. The molecule has 1 rings (SSSR count). The lowest BCUT2D eigenvalue weighted by Gasteiger charge is -2.24. The van der Waals surface area contributed by atoms with Crippen molar-refractivity contribution in [2.75, 3.05) is 6.61 Å². The second-order valence-corrected chi connectivity index (χ2v) is 7.46. The molecule has 10 heteroatoms. The molecule has 0 unspecified atom stereocenters. The molecule has 0 aliphatic carbocycles. The van der Waals surface area contributed by atoms with E-state index in [1.165, 1.54) is 12.1 Å². The molecule has 1 heterocycles. The molecule has 2 N–H and O–H groups in total. The van der Waals surface area contributed by atoms with E-state index in [-0.39, 0.29) is 8.55 Å². The second-order valence-electron chi connectivity index (χ2n) is 3.80. The Morgan fingerprint density at radius 2 is 2.05 bits per heavy atom. The monoisotopic (exact) mass is 337 g/mol. The fourth-order valence-electron chi connectivity index (χ4n) is 1.23. The van der Waals surface area contributed by atoms with Crippen molar-refractivity contribution < 1.29 is 26.7 Å². The van der Waals surface area contributed by atoms with Gasteiger partial charge in [-0.1, -0.05) is 18.5 Å². The molecule has 0 aromatic carbocycles. The van der Waals surface area contributed by atoms with Gasteiger partial charge in [0.1, 0.15) is 4.21 Å². The first-order chi connectivity index (χ1) is 8.58. The molecule has 110 valence electrons. The number of hydrogen-bond donors (Lipinski definition) is 2. The maximum atomic E-state index is 12.5. The third-order valence-corrected chi connectivity index (χ3v) is 5.65. The van der Waals surface area contributed by atoms with Crippen LogP contribution in [0.2, 0.25) is 4.34 Å². The molecular weight excluding hydrogens is 327 g/mol. The van der Waals surface area contributed by atoms with Crippen LogP contribution in [0.3, 0.4) is 0 Å². The Kier molecular flexibility index (Phi) is 5.24. The number of sulfonamides is 1. The average Bonchev–Trinajstić information content (AvgIpc) is 2.71. The van der Waals surface area contributed by atoms with Crippen molar-refractivity contribution in [3.63, 3.8) is 0 Å². The smallest absolute Gasteiger partial charge is 0.393 e. The summed E-state index contributed by atoms with van der Waals surface area (Å²) in [6.45, 7) is -0.163. The fraction of sp³-hybridized carbons (Fsp3) is 0.556. The van der Waals surface area contributed by atoms with Gasteiger partial charge in [0.15, 0.2) is 0 Å². The zero-order chi connectivity index (χ0) is 14.8. The van der Waals surface area contributed by atoms with Crippen LogP contribution < -0.4 is 4.72 Å². The predicted octanol–water partition coefficient (Wildman–Crippen LogP) is 2.24. The number of alkyl halides is 3. The molecular formula is C9H11ClF3NO3S2. The van der Waals surface area contributed by atoms with Gasteiger partial charge in [0.25, 0.3) is 0 Å². The van der Waals surface area contributed by atoms with E-state index in [0.29, 0.717) is 0 Å². The van der Waals surface area contributed by atoms with Gasteiger partial charge >= 0.3 is 6.18 Å². The van der Waals surface area contributed by atoms with Crippen LogP contribution in [0.4, 0.5) is 13.2 Å². The molecule has 19 heavy (non-hydrogen) atoms. The van der Waals surface area contributed by atoms with Crippen molar-refractivity contribution in [1.29, 1.82) is 0 Å². The first-order valence-electron chi connectivity index (χ1n) is 5.03. The van der Waals surface area contributed by atoms with Gasteiger partial charge in [-0.05, 0) is 12.1 Å². The Hall–Kier alpha value is -0.350. The van der Waals surface area contributed by atoms with Crippen LogP contribution in [0.15, 0.2) is 16.3 Å². The quantitative estimate of drug-likeness (QED) is 0.866. The number of nitrogens with one attached hydrogen (secondary N) is 1. The summed E-state index contributed by atoms with van der Waals surface area (Å²) >= 11 is 6.29. The molecule has 1 aromatic heterocycles. The zero-order valence-electron chi connectivity index (χ0n) is 9.61. The standard InChI is InChI=1S/C9H11ClF3NO3S2/c1-5(9(11,12)13)6(4-15)14-19(16,17)8-3-2-7(10)18-8/h2-3,5-6,14-15H,4H2,1H3/t5-,6+/m0/s1. The van der Waals surface area contributed by atoms with Gasteiger partial charge in [0, 0.05) is 0 Å². The van der Waals surface area contributed by atoms with Gasteiger partial charge in [0.2, 0.25) is 10.0 Å². The highest BCUT2D eigenvalue weighted by Gasteiger charge is 2.42. The van der Waals surface area contributed by atoms with E-state index in [9.17, 15) is 21.6 Å². The lowest BCUT2D eigenvalue weighted by atomic mass is 10.0. The number of aliphatic hydroxyl groups excluding tert-OH is 1. The number of aliphatic hydroxyl groups is 1. The van der Waals surface area contributed by atoms with Crippen LogP contribution >= 0.6 is 22.9 Å². The molecule has 0 amide bonds. The molecule has 0 fully saturated rings. The Balaban J connectivity index is 2.93. The lowest BCUT2D eigenvalue weighted by molar-refractivity contribution is -0.178. The summed E-state index contributed by atoms with van der Waals surface area (Å²) < 4.78 is 63.0. The van der Waals surface area contributed by atoms with Crippen LogP contribution in [0, 0.1) is 5.92 Å². The summed E-state index contributed by atoms with van der Waals surface area (Å²) in [5.41, 5.74) is 0. The molecule has 0 saturated carbocycles. The minimum Gasteiger partial charge on any atom is -0.395 e. The first-order valence-corrected chi connectivity index (χ1v) is 7.71. The van der Waals surface area contributed by atoms with Crippen molar-refractivity contribution in [3.8, 4) is 0 Å². The van der Waals surface area contributed by atoms with E-state index >= 15 is 0 Å². The minimum absolute atomic E-state index is 0.199. The minimum atomic E-state index is -4.61. The summed E-state index contributed by atoms with van der Waals surface area (Å²) in [4.78, 5) is 0. The number of hydrogen-bond acceptors (Lipinski definition) is 4. The van der Waals surface area contributed by atoms with Crippen molar-refractivity contribution in [1.82, 2.24) is 4.72 Å². The van der Waals surface area contributed by atoms with Crippen molar-refractivity contribution >= 4 is 33.0 Å². The van der Waals surface area contributed by atoms with Crippen LogP contribution in [-0.4, -0.2) is 32.3 Å². The SMILES string of the molecule is C[C@@H]([C@@H](CO)NS(=O)(=O)c1ccc(Cl)s1)C(F)(F)F. The van der Waals surface area contributed by atoms with E-state index in [4.69, 9.17) is 16.7 Å². The van der Waals surface area contributed by atoms with Gasteiger partial charge in [0.05, 0.1) is 22.9 Å². The zero-order valence-corrected chi connectivity index (χ0v) is 12.0. The highest BCUT2D eigenvalue weighted by Crippen LogP contribution is 2.30. The van der Waals surface area contributed by atoms with Gasteiger partial charge < -0.3 is 5.11 Å². The van der Waals surface area contributed by atoms with Crippen molar-refractivity contribution in [3.05, 3.63) is 16.5 Å². The molecule has 0 spiro atoms. The lowest BCUT2D eigenvalue weighted by Crippen LogP contribution is -2.46. The van der Waals surface area contributed by atoms with E-state index in [1.54, 1.807) is 0 Å². The Morgan fingerprint density at radius 3 is 2.42 bits per heavy atom. The van der Waals surface area contributed by atoms with Gasteiger partial charge in [-0.2, -0.15) is 13.2 Å². The van der Waals surface area contributed by atoms with Gasteiger partial charge in [-0.3, -0.25) is 0 Å². The van der Waals surface area contributed by atoms with Crippen LogP contribution in [-0.2, 0) is 10.0 Å². The van der Waals surface area contributed by atoms with E-state index in [1.807, 2.05) is 4.72 Å². The summed E-state index contributed by atoms with van der Waals surface area (Å²) in [5, 5.41) is 8.93. The first kappa shape index (κ1) is 16.7. The molecule has 0 aliphatic heterocycles. The van der Waals surface area contributed by atoms with Crippen molar-refractivity contribution in [2.45, 2.75) is 23.4 Å². The molecule has 4 nitrogen and oxygen atoms in total. The van der Waals surface area contributed by atoms with E-state index < -0.39 is 34.8 Å². The summed E-state index contributed by atoms with van der Waals surface area (Å²) in [5.74, 6) is -2.01. The number of halogens is 4. The third-order valence-electron chi connectivity index (χ3n) is 2.44. The topological polar surface area (TPSA) is 66.4 Å². The molecule has 1 aromatic rings. The maximum absolute atomic E-state index is 12.5. The second kappa shape index (κ2) is 5.96. The molecule has 0 aliphatic rings. The van der Waals surface area contributed by atoms with E-state index in [2.05, 4.69) is 0 Å². The van der Waals surface area contributed by atoms with Gasteiger partial charge in [-0.25, -0.2) is 13.1 Å².